The summed E-state index contributed by atoms with van der Waals surface area (Å²) in [7, 11) is 0. The molecule has 8 nitrogen and oxygen atoms in total. The molecule has 2 N–H and O–H groups in total. The summed E-state index contributed by atoms with van der Waals surface area (Å²) in [5.74, 6) is 0.410. The van der Waals surface area contributed by atoms with E-state index < -0.39 is 17.5 Å². The van der Waals surface area contributed by atoms with E-state index in [0.717, 1.165) is 67.2 Å². The number of aromatic nitrogens is 2. The number of amides is 4. The van der Waals surface area contributed by atoms with Crippen LogP contribution in [0.15, 0.2) is 30.3 Å². The molecule has 5 rings (SSSR count). The number of urea groups is 1. The van der Waals surface area contributed by atoms with Crippen LogP contribution in [0, 0.1) is 5.92 Å². The molecule has 0 unspecified atom stereocenters. The normalized spacial score (nSPS) is 25.4. The molecule has 1 aromatic carbocycles. The molecule has 0 atom stereocenters. The summed E-state index contributed by atoms with van der Waals surface area (Å²) >= 11 is 0. The maximum absolute atomic E-state index is 13.3. The van der Waals surface area contributed by atoms with Crippen molar-refractivity contribution < 1.29 is 14.4 Å². The highest BCUT2D eigenvalue weighted by molar-refractivity contribution is 6.09. The van der Waals surface area contributed by atoms with Gasteiger partial charge < -0.3 is 9.88 Å². The van der Waals surface area contributed by atoms with Crippen molar-refractivity contribution >= 4 is 17.8 Å². The number of fused-ring (bicyclic) bond motifs is 1. The van der Waals surface area contributed by atoms with Gasteiger partial charge in [0.1, 0.15) is 11.4 Å². The standard InChI is InChI=1S/C24H29N5O3/c1-16-11-13-24(14-12-16)22(31)29(23(32)26-24)27-21(30)19-18-10-6-3-7-15-28(18)20(25-19)17-8-4-2-5-9-17/h2,4-5,8-9,16H,3,6-7,10-15H2,1H3,(H,26,32)(H,27,30). The van der Waals surface area contributed by atoms with Crippen molar-refractivity contribution in [1.82, 2.24) is 25.3 Å². The van der Waals surface area contributed by atoms with E-state index in [4.69, 9.17) is 4.98 Å². The minimum atomic E-state index is -0.892. The first kappa shape index (κ1) is 20.7. The molecule has 1 saturated carbocycles. The molecule has 3 aliphatic rings. The predicted octanol–water partition coefficient (Wildman–Crippen LogP) is 3.42. The number of imide groups is 1. The fourth-order valence-electron chi connectivity index (χ4n) is 5.18. The Bertz CT molecular complexity index is 1050. The van der Waals surface area contributed by atoms with E-state index in [1.807, 2.05) is 30.3 Å². The van der Waals surface area contributed by atoms with Gasteiger partial charge in [-0.1, -0.05) is 43.7 Å². The summed E-state index contributed by atoms with van der Waals surface area (Å²) in [5.41, 5.74) is 3.79. The van der Waals surface area contributed by atoms with E-state index in [9.17, 15) is 14.4 Å². The molecule has 2 fully saturated rings. The van der Waals surface area contributed by atoms with Crippen molar-refractivity contribution in [2.75, 3.05) is 0 Å². The van der Waals surface area contributed by atoms with E-state index >= 15 is 0 Å². The number of hydrazine groups is 1. The molecule has 4 amide bonds. The first-order valence-electron chi connectivity index (χ1n) is 11.6. The topological polar surface area (TPSA) is 96.3 Å². The van der Waals surface area contributed by atoms with Gasteiger partial charge >= 0.3 is 6.03 Å². The molecule has 0 bridgehead atoms. The van der Waals surface area contributed by atoms with Crippen molar-refractivity contribution in [2.45, 2.75) is 70.4 Å². The van der Waals surface area contributed by atoms with Crippen molar-refractivity contribution in [2.24, 2.45) is 5.92 Å². The lowest BCUT2D eigenvalue weighted by Gasteiger charge is -2.33. The average molecular weight is 436 g/mol. The maximum Gasteiger partial charge on any atom is 0.344 e. The Morgan fingerprint density at radius 1 is 1.12 bits per heavy atom. The third kappa shape index (κ3) is 3.47. The second kappa shape index (κ2) is 8.07. The molecule has 2 aliphatic heterocycles. The van der Waals surface area contributed by atoms with E-state index in [2.05, 4.69) is 22.2 Å². The summed E-state index contributed by atoms with van der Waals surface area (Å²) in [6, 6.07) is 9.24. The number of nitrogens with zero attached hydrogens (tertiary/aromatic N) is 3. The third-order valence-corrected chi connectivity index (χ3v) is 7.12. The Morgan fingerprint density at radius 3 is 2.62 bits per heavy atom. The van der Waals surface area contributed by atoms with Crippen LogP contribution in [0.3, 0.4) is 0 Å². The van der Waals surface area contributed by atoms with Crippen molar-refractivity contribution in [1.29, 1.82) is 0 Å². The fourth-order valence-corrected chi connectivity index (χ4v) is 5.18. The SMILES string of the molecule is CC1CCC2(CC1)NC(=O)N(NC(=O)c1nc(-c3ccccc3)n3c1CCCCC3)C2=O. The molecule has 1 aliphatic carbocycles. The largest absolute Gasteiger partial charge is 0.344 e. The predicted molar refractivity (Wildman–Crippen MR) is 118 cm³/mol. The summed E-state index contributed by atoms with van der Waals surface area (Å²) in [6.45, 7) is 2.95. The smallest absolute Gasteiger partial charge is 0.327 e. The third-order valence-electron chi connectivity index (χ3n) is 7.12. The Morgan fingerprint density at radius 2 is 1.88 bits per heavy atom. The molecular formula is C24H29N5O3. The number of benzene rings is 1. The Kier molecular flexibility index (Phi) is 5.23. The number of rotatable bonds is 3. The zero-order valence-electron chi connectivity index (χ0n) is 18.4. The lowest BCUT2D eigenvalue weighted by atomic mass is 9.77. The van der Waals surface area contributed by atoms with Crippen LogP contribution in [0.1, 0.15) is 68.1 Å². The quantitative estimate of drug-likeness (QED) is 0.722. The molecular weight excluding hydrogens is 406 g/mol. The van der Waals surface area contributed by atoms with Crippen LogP contribution in [0.2, 0.25) is 0 Å². The molecule has 3 heterocycles. The van der Waals surface area contributed by atoms with Gasteiger partial charge in [0.2, 0.25) is 0 Å². The minimum absolute atomic E-state index is 0.296. The summed E-state index contributed by atoms with van der Waals surface area (Å²) < 4.78 is 2.12. The molecule has 1 spiro atoms. The van der Waals surface area contributed by atoms with Gasteiger partial charge in [-0.25, -0.2) is 9.78 Å². The van der Waals surface area contributed by atoms with Gasteiger partial charge in [0, 0.05) is 12.1 Å². The number of hydrogen-bond donors (Lipinski definition) is 2. The van der Waals surface area contributed by atoms with Gasteiger partial charge in [0.05, 0.1) is 5.69 Å². The molecule has 8 heteroatoms. The second-order valence-corrected chi connectivity index (χ2v) is 9.34. The zero-order valence-corrected chi connectivity index (χ0v) is 18.4. The summed E-state index contributed by atoms with van der Waals surface area (Å²) in [6.07, 6.45) is 6.79. The zero-order chi connectivity index (χ0) is 22.3. The fraction of sp³-hybridized carbons (Fsp3) is 0.500. The lowest BCUT2D eigenvalue weighted by Crippen LogP contribution is -2.51. The summed E-state index contributed by atoms with van der Waals surface area (Å²) in [4.78, 5) is 43.7. The highest BCUT2D eigenvalue weighted by atomic mass is 16.2. The van der Waals surface area contributed by atoms with Crippen LogP contribution < -0.4 is 10.7 Å². The van der Waals surface area contributed by atoms with Crippen molar-refractivity contribution in [3.63, 3.8) is 0 Å². The van der Waals surface area contributed by atoms with Gasteiger partial charge in [-0.15, -0.1) is 0 Å². The van der Waals surface area contributed by atoms with E-state index in [1.165, 1.54) is 0 Å². The first-order chi connectivity index (χ1) is 15.5. The number of carbonyl (C=O) groups is 3. The Labute approximate surface area is 187 Å². The lowest BCUT2D eigenvalue weighted by molar-refractivity contribution is -0.134. The van der Waals surface area contributed by atoms with Crippen molar-refractivity contribution in [3.05, 3.63) is 41.7 Å². The summed E-state index contributed by atoms with van der Waals surface area (Å²) in [5, 5.41) is 3.71. The molecule has 2 aromatic rings. The van der Waals surface area contributed by atoms with Crippen LogP contribution in [0.25, 0.3) is 11.4 Å². The van der Waals surface area contributed by atoms with Gasteiger partial charge in [-0.2, -0.15) is 5.01 Å². The van der Waals surface area contributed by atoms with Crippen LogP contribution in [0.4, 0.5) is 4.79 Å². The van der Waals surface area contributed by atoms with Crippen LogP contribution in [0.5, 0.6) is 0 Å². The van der Waals surface area contributed by atoms with Gasteiger partial charge in [-0.3, -0.25) is 15.0 Å². The number of nitrogens with one attached hydrogen (secondary N) is 2. The van der Waals surface area contributed by atoms with E-state index in [-0.39, 0.29) is 5.91 Å². The molecule has 0 radical (unpaired) electrons. The maximum atomic E-state index is 13.3. The van der Waals surface area contributed by atoms with Gasteiger partial charge in [-0.05, 0) is 50.9 Å². The Hall–Kier alpha value is -3.16. The monoisotopic (exact) mass is 435 g/mol. The minimum Gasteiger partial charge on any atom is -0.327 e. The van der Waals surface area contributed by atoms with Gasteiger partial charge in [0.15, 0.2) is 5.69 Å². The molecule has 1 aromatic heterocycles. The number of hydrogen-bond acceptors (Lipinski definition) is 4. The average Bonchev–Trinajstić information content (AvgIpc) is 3.14. The van der Waals surface area contributed by atoms with Crippen LogP contribution >= 0.6 is 0 Å². The first-order valence-corrected chi connectivity index (χ1v) is 11.6. The second-order valence-electron chi connectivity index (χ2n) is 9.34. The molecule has 168 valence electrons. The highest BCUT2D eigenvalue weighted by Crippen LogP contribution is 2.36. The Balaban J connectivity index is 1.43. The van der Waals surface area contributed by atoms with Crippen molar-refractivity contribution in [3.8, 4) is 11.4 Å². The van der Waals surface area contributed by atoms with Crippen LogP contribution in [-0.2, 0) is 17.8 Å². The van der Waals surface area contributed by atoms with Gasteiger partial charge in [0.25, 0.3) is 11.8 Å². The number of imidazole rings is 1. The molecule has 1 saturated heterocycles. The van der Waals surface area contributed by atoms with E-state index in [0.29, 0.717) is 24.5 Å². The number of carbonyl (C=O) groups excluding carboxylic acids is 3. The van der Waals surface area contributed by atoms with E-state index in [1.54, 1.807) is 0 Å². The molecule has 32 heavy (non-hydrogen) atoms. The highest BCUT2D eigenvalue weighted by Gasteiger charge is 2.53. The van der Waals surface area contributed by atoms with Crippen LogP contribution in [-0.4, -0.2) is 37.9 Å².